The van der Waals surface area contributed by atoms with Gasteiger partial charge in [-0.1, -0.05) is 22.9 Å². The molecule has 134 valence electrons. The van der Waals surface area contributed by atoms with E-state index in [4.69, 9.17) is 4.74 Å². The van der Waals surface area contributed by atoms with Crippen molar-refractivity contribution in [2.75, 3.05) is 31.6 Å². The first-order chi connectivity index (χ1) is 11.3. The number of anilines is 1. The molecule has 1 aromatic rings. The van der Waals surface area contributed by atoms with Gasteiger partial charge in [0.25, 0.3) is 0 Å². The predicted octanol–water partition coefficient (Wildman–Crippen LogP) is 4.30. The fourth-order valence-electron chi connectivity index (χ4n) is 2.88. The summed E-state index contributed by atoms with van der Waals surface area (Å²) in [5.74, 6) is 1.61. The molecule has 1 amide bonds. The molecular weight excluding hydrogens is 368 g/mol. The third-order valence-corrected chi connectivity index (χ3v) is 4.64. The molecule has 0 bridgehead atoms. The van der Waals surface area contributed by atoms with E-state index in [1.165, 1.54) is 25.9 Å². The lowest BCUT2D eigenvalue weighted by atomic mass is 10.0. The molecule has 0 radical (unpaired) electrons. The Balaban J connectivity index is 1.69. The second kappa shape index (κ2) is 8.86. The molecule has 0 saturated carbocycles. The summed E-state index contributed by atoms with van der Waals surface area (Å²) >= 11 is 3.35. The molecule has 1 heterocycles. The molecule has 1 atom stereocenters. The summed E-state index contributed by atoms with van der Waals surface area (Å²) in [4.78, 5) is 14.4. The zero-order valence-electron chi connectivity index (χ0n) is 15.0. The minimum Gasteiger partial charge on any atom is -0.494 e. The number of rotatable bonds is 7. The summed E-state index contributed by atoms with van der Waals surface area (Å²) in [5.41, 5.74) is 0.780. The van der Waals surface area contributed by atoms with Crippen LogP contribution in [-0.2, 0) is 4.79 Å². The van der Waals surface area contributed by atoms with Crippen LogP contribution in [0.4, 0.5) is 5.69 Å². The fraction of sp³-hybridized carbons (Fsp3) is 0.632. The smallest absolute Gasteiger partial charge is 0.240 e. The van der Waals surface area contributed by atoms with E-state index >= 15 is 0 Å². The quantitative estimate of drug-likeness (QED) is 0.551. The maximum atomic E-state index is 11.9. The Kier molecular flexibility index (Phi) is 7.11. The normalized spacial score (nSPS) is 19.1. The van der Waals surface area contributed by atoms with Crippen molar-refractivity contribution in [3.05, 3.63) is 24.3 Å². The van der Waals surface area contributed by atoms with Crippen molar-refractivity contribution in [1.82, 2.24) is 4.90 Å². The predicted molar refractivity (Wildman–Crippen MR) is 103 cm³/mol. The van der Waals surface area contributed by atoms with Crippen LogP contribution in [0.15, 0.2) is 24.3 Å². The van der Waals surface area contributed by atoms with Gasteiger partial charge in [-0.3, -0.25) is 4.79 Å². The fourth-order valence-corrected chi connectivity index (χ4v) is 2.98. The Morgan fingerprint density at radius 3 is 2.71 bits per heavy atom. The molecule has 0 unspecified atom stereocenters. The summed E-state index contributed by atoms with van der Waals surface area (Å²) < 4.78 is 5.23. The molecule has 0 spiro atoms. The number of alkyl halides is 1. The zero-order valence-corrected chi connectivity index (χ0v) is 16.6. The van der Waals surface area contributed by atoms with E-state index in [9.17, 15) is 4.79 Å². The molecule has 2 rings (SSSR count). The lowest BCUT2D eigenvalue weighted by Crippen LogP contribution is -2.35. The highest BCUT2D eigenvalue weighted by Gasteiger charge is 2.23. The van der Waals surface area contributed by atoms with Crippen LogP contribution in [-0.4, -0.2) is 41.4 Å². The van der Waals surface area contributed by atoms with E-state index < -0.39 is 4.32 Å². The van der Waals surface area contributed by atoms with Crippen molar-refractivity contribution >= 4 is 27.5 Å². The van der Waals surface area contributed by atoms with Gasteiger partial charge >= 0.3 is 0 Å². The van der Waals surface area contributed by atoms with Crippen molar-refractivity contribution in [3.63, 3.8) is 0 Å². The number of likely N-dealkylation sites (tertiary alicyclic amines) is 1. The van der Waals surface area contributed by atoms with Gasteiger partial charge in [-0.15, -0.1) is 0 Å². The number of hydrogen-bond acceptors (Lipinski definition) is 3. The number of amides is 1. The molecule has 1 aliphatic rings. The van der Waals surface area contributed by atoms with E-state index in [2.05, 4.69) is 33.1 Å². The number of piperidine rings is 1. The molecular formula is C19H29BrN2O2. The van der Waals surface area contributed by atoms with Gasteiger partial charge in [-0.2, -0.15) is 0 Å². The first-order valence-corrected chi connectivity index (χ1v) is 9.59. The Bertz CT molecular complexity index is 525. The lowest BCUT2D eigenvalue weighted by molar-refractivity contribution is -0.117. The van der Waals surface area contributed by atoms with Crippen LogP contribution in [0.3, 0.4) is 0 Å². The molecule has 5 heteroatoms. The van der Waals surface area contributed by atoms with Crippen LogP contribution < -0.4 is 10.1 Å². The van der Waals surface area contributed by atoms with Crippen molar-refractivity contribution in [1.29, 1.82) is 0 Å². The molecule has 0 aromatic heterocycles. The highest BCUT2D eigenvalue weighted by atomic mass is 79.9. The van der Waals surface area contributed by atoms with E-state index in [1.807, 2.05) is 38.1 Å². The van der Waals surface area contributed by atoms with Crippen molar-refractivity contribution in [3.8, 4) is 5.75 Å². The van der Waals surface area contributed by atoms with E-state index in [0.717, 1.165) is 36.9 Å². The largest absolute Gasteiger partial charge is 0.494 e. The maximum absolute atomic E-state index is 11.9. The zero-order chi connectivity index (χ0) is 17.6. The van der Waals surface area contributed by atoms with Crippen molar-refractivity contribution in [2.24, 2.45) is 5.92 Å². The number of nitrogens with zero attached hydrogens (tertiary/aromatic N) is 1. The Morgan fingerprint density at radius 2 is 2.08 bits per heavy atom. The monoisotopic (exact) mass is 396 g/mol. The van der Waals surface area contributed by atoms with Gasteiger partial charge in [0, 0.05) is 18.8 Å². The number of benzene rings is 1. The molecule has 24 heavy (non-hydrogen) atoms. The Morgan fingerprint density at radius 1 is 1.38 bits per heavy atom. The standard InChI is InChI=1S/C19H29BrN2O2/c1-15-6-4-11-22(14-15)12-5-13-24-17-9-7-16(8-10-17)21-18(23)19(2,3)20/h7-10,15H,4-6,11-14H2,1-3H3,(H,21,23)/t15-/m0/s1. The van der Waals surface area contributed by atoms with Crippen LogP contribution in [0.1, 0.15) is 40.0 Å². The van der Waals surface area contributed by atoms with Crippen LogP contribution in [0.2, 0.25) is 0 Å². The summed E-state index contributed by atoms with van der Waals surface area (Å²) in [6, 6.07) is 7.55. The van der Waals surface area contributed by atoms with Crippen LogP contribution in [0.25, 0.3) is 0 Å². The SMILES string of the molecule is C[C@H]1CCCN(CCCOc2ccc(NC(=O)C(C)(C)Br)cc2)C1. The molecule has 1 N–H and O–H groups in total. The first kappa shape index (κ1) is 19.3. The third kappa shape index (κ3) is 6.44. The number of carbonyl (C=O) groups is 1. The second-order valence-corrected chi connectivity index (χ2v) is 9.18. The van der Waals surface area contributed by atoms with E-state index in [0.29, 0.717) is 0 Å². The number of hydrogen-bond donors (Lipinski definition) is 1. The van der Waals surface area contributed by atoms with E-state index in [-0.39, 0.29) is 5.91 Å². The molecule has 1 aliphatic heterocycles. The first-order valence-electron chi connectivity index (χ1n) is 8.80. The van der Waals surface area contributed by atoms with Gasteiger partial charge in [-0.25, -0.2) is 0 Å². The van der Waals surface area contributed by atoms with Crippen molar-refractivity contribution < 1.29 is 9.53 Å². The summed E-state index contributed by atoms with van der Waals surface area (Å²) in [5, 5.41) is 2.88. The van der Waals surface area contributed by atoms with E-state index in [1.54, 1.807) is 0 Å². The van der Waals surface area contributed by atoms with Crippen LogP contribution in [0, 0.1) is 5.92 Å². The average molecular weight is 397 g/mol. The molecule has 4 nitrogen and oxygen atoms in total. The number of nitrogens with one attached hydrogen (secondary N) is 1. The number of halogens is 1. The van der Waals surface area contributed by atoms with Crippen LogP contribution >= 0.6 is 15.9 Å². The number of carbonyl (C=O) groups excluding carboxylic acids is 1. The van der Waals surface area contributed by atoms with Gasteiger partial charge < -0.3 is 15.0 Å². The van der Waals surface area contributed by atoms with Gasteiger partial charge in [0.1, 0.15) is 5.75 Å². The highest BCUT2D eigenvalue weighted by molar-refractivity contribution is 9.10. The molecule has 1 aromatic carbocycles. The third-order valence-electron chi connectivity index (χ3n) is 4.28. The second-order valence-electron chi connectivity index (χ2n) is 7.20. The summed E-state index contributed by atoms with van der Waals surface area (Å²) in [7, 11) is 0. The van der Waals surface area contributed by atoms with Gasteiger partial charge in [0.15, 0.2) is 0 Å². The van der Waals surface area contributed by atoms with Gasteiger partial charge in [-0.05, 0) is 69.8 Å². The lowest BCUT2D eigenvalue weighted by Gasteiger charge is -2.30. The van der Waals surface area contributed by atoms with Crippen molar-refractivity contribution in [2.45, 2.75) is 44.4 Å². The molecule has 1 saturated heterocycles. The molecule has 0 aliphatic carbocycles. The minimum absolute atomic E-state index is 0.0630. The number of ether oxygens (including phenoxy) is 1. The maximum Gasteiger partial charge on any atom is 0.240 e. The Hall–Kier alpha value is -1.07. The average Bonchev–Trinajstić information content (AvgIpc) is 2.52. The Labute approximate surface area is 154 Å². The van der Waals surface area contributed by atoms with Crippen LogP contribution in [0.5, 0.6) is 5.75 Å². The summed E-state index contributed by atoms with van der Waals surface area (Å²) in [6.45, 7) is 10.3. The molecule has 1 fully saturated rings. The highest BCUT2D eigenvalue weighted by Crippen LogP contribution is 2.21. The van der Waals surface area contributed by atoms with Gasteiger partial charge in [0.05, 0.1) is 10.9 Å². The van der Waals surface area contributed by atoms with Gasteiger partial charge in [0.2, 0.25) is 5.91 Å². The minimum atomic E-state index is -0.575. The summed E-state index contributed by atoms with van der Waals surface area (Å²) in [6.07, 6.45) is 3.73. The topological polar surface area (TPSA) is 41.6 Å².